The fourth-order valence-corrected chi connectivity index (χ4v) is 4.56. The summed E-state index contributed by atoms with van der Waals surface area (Å²) >= 11 is 6.07. The van der Waals surface area contributed by atoms with Gasteiger partial charge < -0.3 is 20.3 Å². The smallest absolute Gasteiger partial charge is 0.407 e. The highest BCUT2D eigenvalue weighted by Gasteiger charge is 2.29. The van der Waals surface area contributed by atoms with Crippen molar-refractivity contribution in [2.75, 3.05) is 13.2 Å². The number of halogens is 2. The molecule has 172 valence electrons. The molecule has 3 aromatic carbocycles. The zero-order valence-corrected chi connectivity index (χ0v) is 18.8. The van der Waals surface area contributed by atoms with Crippen LogP contribution >= 0.6 is 11.6 Å². The van der Waals surface area contributed by atoms with Crippen LogP contribution in [0.3, 0.4) is 0 Å². The number of aryl methyl sites for hydroxylation is 1. The molecular formula is C26H25ClFNO4. The number of carbonyl (C=O) groups excluding carboxylic acids is 1. The van der Waals surface area contributed by atoms with Gasteiger partial charge >= 0.3 is 6.09 Å². The van der Waals surface area contributed by atoms with Gasteiger partial charge in [-0.05, 0) is 53.3 Å². The molecule has 0 saturated carbocycles. The maximum atomic E-state index is 13.8. The third kappa shape index (κ3) is 4.88. The Bertz CT molecular complexity index is 1120. The predicted octanol–water partition coefficient (Wildman–Crippen LogP) is 5.11. The number of rotatable bonds is 7. The van der Waals surface area contributed by atoms with E-state index < -0.39 is 24.1 Å². The van der Waals surface area contributed by atoms with Crippen LogP contribution < -0.4 is 5.32 Å². The first-order valence-electron chi connectivity index (χ1n) is 10.8. The molecule has 3 N–H and O–H groups in total. The minimum absolute atomic E-state index is 0.0389. The number of ether oxygens (including phenoxy) is 1. The van der Waals surface area contributed by atoms with E-state index in [1.165, 1.54) is 6.07 Å². The van der Waals surface area contributed by atoms with E-state index in [4.69, 9.17) is 16.3 Å². The van der Waals surface area contributed by atoms with Crippen molar-refractivity contribution in [3.8, 4) is 11.1 Å². The van der Waals surface area contributed by atoms with E-state index in [1.54, 1.807) is 6.92 Å². The largest absolute Gasteiger partial charge is 0.449 e. The Balaban J connectivity index is 1.30. The maximum absolute atomic E-state index is 13.8. The van der Waals surface area contributed by atoms with Gasteiger partial charge in [0, 0.05) is 23.0 Å². The van der Waals surface area contributed by atoms with Gasteiger partial charge in [0.2, 0.25) is 0 Å². The van der Waals surface area contributed by atoms with E-state index in [-0.39, 0.29) is 36.1 Å². The molecule has 7 heteroatoms. The number of aliphatic hydroxyl groups excluding tert-OH is 2. The van der Waals surface area contributed by atoms with Crippen LogP contribution in [-0.4, -0.2) is 35.6 Å². The molecule has 3 aromatic rings. The van der Waals surface area contributed by atoms with Crippen LogP contribution in [0.2, 0.25) is 5.02 Å². The maximum Gasteiger partial charge on any atom is 0.407 e. The van der Waals surface area contributed by atoms with Gasteiger partial charge in [-0.25, -0.2) is 9.18 Å². The standard InChI is InChI=1S/C26H25ClFNO4/c1-15-12-22(27)20(13-23(15)28)25(31)24(30)10-11-29-26(32)33-14-21-18-8-4-2-6-16(18)17-7-3-5-9-19(17)21/h2-9,12-13,21,24-25,30-31H,10-11,14H2,1H3,(H,29,32). The van der Waals surface area contributed by atoms with Crippen molar-refractivity contribution in [2.24, 2.45) is 0 Å². The Hall–Kier alpha value is -2.93. The number of aliphatic hydroxyl groups is 2. The van der Waals surface area contributed by atoms with Crippen LogP contribution in [0.15, 0.2) is 60.7 Å². The van der Waals surface area contributed by atoms with Crippen molar-refractivity contribution in [3.63, 3.8) is 0 Å². The summed E-state index contributed by atoms with van der Waals surface area (Å²) in [5.74, 6) is -0.563. The van der Waals surface area contributed by atoms with E-state index in [9.17, 15) is 19.4 Å². The third-order valence-corrected chi connectivity index (χ3v) is 6.34. The molecule has 1 aliphatic carbocycles. The lowest BCUT2D eigenvalue weighted by Crippen LogP contribution is -2.30. The number of hydrogen-bond donors (Lipinski definition) is 3. The molecule has 0 bridgehead atoms. The minimum atomic E-state index is -1.38. The molecule has 0 radical (unpaired) electrons. The molecule has 4 rings (SSSR count). The molecule has 0 heterocycles. The molecule has 0 fully saturated rings. The van der Waals surface area contributed by atoms with Crippen LogP contribution in [0.25, 0.3) is 11.1 Å². The lowest BCUT2D eigenvalue weighted by atomic mass is 9.98. The quantitative estimate of drug-likeness (QED) is 0.449. The van der Waals surface area contributed by atoms with Crippen LogP contribution in [-0.2, 0) is 4.74 Å². The van der Waals surface area contributed by atoms with E-state index in [2.05, 4.69) is 17.4 Å². The van der Waals surface area contributed by atoms with Crippen molar-refractivity contribution in [3.05, 3.63) is 93.8 Å². The van der Waals surface area contributed by atoms with Crippen LogP contribution in [0.4, 0.5) is 9.18 Å². The van der Waals surface area contributed by atoms with Crippen molar-refractivity contribution >= 4 is 17.7 Å². The van der Waals surface area contributed by atoms with Crippen LogP contribution in [0, 0.1) is 12.7 Å². The van der Waals surface area contributed by atoms with Crippen molar-refractivity contribution in [2.45, 2.75) is 31.5 Å². The summed E-state index contributed by atoms with van der Waals surface area (Å²) in [6.45, 7) is 1.82. The number of amides is 1. The Kier molecular flexibility index (Phi) is 6.98. The Morgan fingerprint density at radius 2 is 1.70 bits per heavy atom. The molecule has 5 nitrogen and oxygen atoms in total. The topological polar surface area (TPSA) is 78.8 Å². The van der Waals surface area contributed by atoms with Gasteiger partial charge in [-0.3, -0.25) is 0 Å². The highest BCUT2D eigenvalue weighted by atomic mass is 35.5. The normalized spacial score (nSPS) is 14.3. The van der Waals surface area contributed by atoms with Crippen molar-refractivity contribution in [1.29, 1.82) is 0 Å². The summed E-state index contributed by atoms with van der Waals surface area (Å²) in [6.07, 6.45) is -3.19. The lowest BCUT2D eigenvalue weighted by Gasteiger charge is -2.20. The third-order valence-electron chi connectivity index (χ3n) is 6.01. The van der Waals surface area contributed by atoms with Crippen LogP contribution in [0.1, 0.15) is 40.7 Å². The van der Waals surface area contributed by atoms with E-state index in [1.807, 2.05) is 36.4 Å². The molecule has 1 amide bonds. The van der Waals surface area contributed by atoms with Gasteiger partial charge in [-0.15, -0.1) is 0 Å². The number of alkyl carbamates (subject to hydrolysis) is 1. The lowest BCUT2D eigenvalue weighted by molar-refractivity contribution is 0.0135. The molecule has 0 spiro atoms. The number of carbonyl (C=O) groups is 1. The van der Waals surface area contributed by atoms with E-state index in [0.717, 1.165) is 28.3 Å². The first-order valence-corrected chi connectivity index (χ1v) is 11.1. The summed E-state index contributed by atoms with van der Waals surface area (Å²) in [7, 11) is 0. The van der Waals surface area contributed by atoms with Gasteiger partial charge in [0.15, 0.2) is 0 Å². The Morgan fingerprint density at radius 1 is 1.09 bits per heavy atom. The Morgan fingerprint density at radius 3 is 2.33 bits per heavy atom. The molecule has 2 atom stereocenters. The van der Waals surface area contributed by atoms with Gasteiger partial charge in [-0.2, -0.15) is 0 Å². The minimum Gasteiger partial charge on any atom is -0.449 e. The summed E-state index contributed by atoms with van der Waals surface area (Å²) in [6, 6.07) is 18.6. The van der Waals surface area contributed by atoms with Gasteiger partial charge in [0.1, 0.15) is 18.5 Å². The second kappa shape index (κ2) is 9.91. The number of benzene rings is 3. The predicted molar refractivity (Wildman–Crippen MR) is 125 cm³/mol. The fourth-order valence-electron chi connectivity index (χ4n) is 4.23. The summed E-state index contributed by atoms with van der Waals surface area (Å²) in [5.41, 5.74) is 4.98. The first kappa shape index (κ1) is 23.2. The summed E-state index contributed by atoms with van der Waals surface area (Å²) < 4.78 is 19.3. The fraction of sp³-hybridized carbons (Fsp3) is 0.269. The van der Waals surface area contributed by atoms with Gasteiger partial charge in [-0.1, -0.05) is 60.1 Å². The van der Waals surface area contributed by atoms with Crippen molar-refractivity contribution < 1.29 is 24.1 Å². The molecule has 33 heavy (non-hydrogen) atoms. The molecule has 0 aromatic heterocycles. The number of hydrogen-bond acceptors (Lipinski definition) is 4. The number of fused-ring (bicyclic) bond motifs is 3. The van der Waals surface area contributed by atoms with E-state index >= 15 is 0 Å². The first-order chi connectivity index (χ1) is 15.9. The number of nitrogens with one attached hydrogen (secondary N) is 1. The highest BCUT2D eigenvalue weighted by Crippen LogP contribution is 2.44. The van der Waals surface area contributed by atoms with E-state index in [0.29, 0.717) is 5.56 Å². The molecule has 1 aliphatic rings. The average Bonchev–Trinajstić information content (AvgIpc) is 3.13. The molecule has 2 unspecified atom stereocenters. The molecule has 0 saturated heterocycles. The second-order valence-corrected chi connectivity index (χ2v) is 8.58. The second-order valence-electron chi connectivity index (χ2n) is 8.18. The van der Waals surface area contributed by atoms with Gasteiger partial charge in [0.25, 0.3) is 0 Å². The van der Waals surface area contributed by atoms with Gasteiger partial charge in [0.05, 0.1) is 6.10 Å². The van der Waals surface area contributed by atoms with Crippen LogP contribution in [0.5, 0.6) is 0 Å². The SMILES string of the molecule is Cc1cc(Cl)c(C(O)C(O)CCNC(=O)OCC2c3ccccc3-c3ccccc32)cc1F. The summed E-state index contributed by atoms with van der Waals surface area (Å²) in [4.78, 5) is 12.2. The van der Waals surface area contributed by atoms with Crippen molar-refractivity contribution in [1.82, 2.24) is 5.32 Å². The monoisotopic (exact) mass is 469 g/mol. The average molecular weight is 470 g/mol. The zero-order valence-electron chi connectivity index (χ0n) is 18.1. The Labute approximate surface area is 196 Å². The zero-order chi connectivity index (χ0) is 23.5. The molecule has 0 aliphatic heterocycles. The molecular weight excluding hydrogens is 445 g/mol. The summed E-state index contributed by atoms with van der Waals surface area (Å²) in [5, 5.41) is 23.4. The highest BCUT2D eigenvalue weighted by molar-refractivity contribution is 6.31.